The molecule has 0 unspecified atom stereocenters. The Morgan fingerprint density at radius 1 is 1.35 bits per heavy atom. The summed E-state index contributed by atoms with van der Waals surface area (Å²) in [5.41, 5.74) is 8.61. The number of nitrogens with two attached hydrogens (primary N) is 2. The molecule has 0 aliphatic carbocycles. The lowest BCUT2D eigenvalue weighted by Gasteiger charge is -2.00. The number of nitrogens with one attached hydrogen (secondary N) is 1. The van der Waals surface area contributed by atoms with Gasteiger partial charge < -0.3 is 11.2 Å². The second-order valence-electron chi connectivity index (χ2n) is 3.40. The quantitative estimate of drug-likeness (QED) is 0.374. The van der Waals surface area contributed by atoms with Crippen molar-refractivity contribution in [2.24, 2.45) is 11.6 Å². The van der Waals surface area contributed by atoms with E-state index in [0.717, 1.165) is 0 Å². The second kappa shape index (κ2) is 7.70. The average molecular weight is 253 g/mol. The molecule has 5 nitrogen and oxygen atoms in total. The Balaban J connectivity index is 2.25. The van der Waals surface area contributed by atoms with Crippen molar-refractivity contribution in [1.82, 2.24) is 5.43 Å². The molecule has 92 valence electrons. The Labute approximate surface area is 105 Å². The maximum Gasteiger partial charge on any atom is 0.253 e. The topological polar surface area (TPSA) is 85.0 Å². The van der Waals surface area contributed by atoms with Crippen LogP contribution in [0.2, 0.25) is 0 Å². The maximum absolute atomic E-state index is 11.6. The first-order chi connectivity index (χ1) is 8.22. The number of allylic oxidation sites excluding steroid dienone is 1. The fourth-order valence-corrected chi connectivity index (χ4v) is 2.00. The Morgan fingerprint density at radius 2 is 2.06 bits per heavy atom. The standard InChI is InChI=1S/C11H17N4OS/c12-10(8-14-13)4-7-17-11(16)9-15-5-2-1-3-6-15/h1-3,5-6,8,14H,4,7,9,12-13H2/q+1/b10-8-. The van der Waals surface area contributed by atoms with Crippen LogP contribution in [0.15, 0.2) is 42.5 Å². The molecule has 0 aliphatic rings. The molecule has 0 atom stereocenters. The molecule has 1 aromatic heterocycles. The Bertz CT molecular complexity index is 380. The van der Waals surface area contributed by atoms with Gasteiger partial charge in [-0.25, -0.2) is 0 Å². The summed E-state index contributed by atoms with van der Waals surface area (Å²) in [5, 5.41) is 0.120. The van der Waals surface area contributed by atoms with E-state index in [2.05, 4.69) is 5.43 Å². The minimum Gasteiger partial charge on any atom is -0.401 e. The third-order valence-corrected chi connectivity index (χ3v) is 2.87. The first-order valence-electron chi connectivity index (χ1n) is 5.22. The third-order valence-electron chi connectivity index (χ3n) is 2.01. The number of thioether (sulfide) groups is 1. The highest BCUT2D eigenvalue weighted by atomic mass is 32.2. The summed E-state index contributed by atoms with van der Waals surface area (Å²) in [4.78, 5) is 11.6. The van der Waals surface area contributed by atoms with E-state index in [0.29, 0.717) is 24.4 Å². The van der Waals surface area contributed by atoms with Crippen molar-refractivity contribution in [2.45, 2.75) is 13.0 Å². The third kappa shape index (κ3) is 5.94. The molecule has 0 saturated heterocycles. The minimum absolute atomic E-state index is 0.120. The normalized spacial score (nSPS) is 11.2. The number of aromatic nitrogens is 1. The van der Waals surface area contributed by atoms with E-state index in [-0.39, 0.29) is 5.12 Å². The lowest BCUT2D eigenvalue weighted by atomic mass is 10.4. The van der Waals surface area contributed by atoms with E-state index in [1.54, 1.807) is 0 Å². The summed E-state index contributed by atoms with van der Waals surface area (Å²) < 4.78 is 1.84. The van der Waals surface area contributed by atoms with Gasteiger partial charge in [-0.3, -0.25) is 10.6 Å². The predicted molar refractivity (Wildman–Crippen MR) is 68.3 cm³/mol. The molecule has 5 N–H and O–H groups in total. The van der Waals surface area contributed by atoms with Gasteiger partial charge in [0.2, 0.25) is 6.54 Å². The van der Waals surface area contributed by atoms with Crippen molar-refractivity contribution in [3.63, 3.8) is 0 Å². The molecule has 0 aromatic carbocycles. The summed E-state index contributed by atoms with van der Waals surface area (Å²) in [6, 6.07) is 5.70. The number of carbonyl (C=O) groups excluding carboxylic acids is 1. The highest BCUT2D eigenvalue weighted by molar-refractivity contribution is 8.13. The summed E-state index contributed by atoms with van der Waals surface area (Å²) in [5.74, 6) is 5.74. The van der Waals surface area contributed by atoms with Crippen molar-refractivity contribution < 1.29 is 9.36 Å². The van der Waals surface area contributed by atoms with Gasteiger partial charge in [-0.15, -0.1) is 0 Å². The molecule has 0 spiro atoms. The predicted octanol–water partition coefficient (Wildman–Crippen LogP) is -0.113. The molecule has 0 fully saturated rings. The number of hydrogen-bond acceptors (Lipinski definition) is 5. The number of hydrazine groups is 1. The zero-order valence-electron chi connectivity index (χ0n) is 9.50. The first-order valence-corrected chi connectivity index (χ1v) is 6.21. The van der Waals surface area contributed by atoms with Gasteiger partial charge in [0.15, 0.2) is 12.4 Å². The molecule has 0 radical (unpaired) electrons. The first kappa shape index (κ1) is 13.5. The number of rotatable bonds is 6. The van der Waals surface area contributed by atoms with Crippen LogP contribution in [0.1, 0.15) is 6.42 Å². The Morgan fingerprint density at radius 3 is 2.71 bits per heavy atom. The molecule has 1 heterocycles. The van der Waals surface area contributed by atoms with Crippen molar-refractivity contribution >= 4 is 16.9 Å². The van der Waals surface area contributed by atoms with Gasteiger partial charge in [0.05, 0.1) is 0 Å². The van der Waals surface area contributed by atoms with Crippen LogP contribution in [0.3, 0.4) is 0 Å². The summed E-state index contributed by atoms with van der Waals surface area (Å²) in [6.07, 6.45) is 5.90. The number of carbonyl (C=O) groups is 1. The molecule has 1 aromatic rings. The maximum atomic E-state index is 11.6. The van der Waals surface area contributed by atoms with Gasteiger partial charge >= 0.3 is 0 Å². The monoisotopic (exact) mass is 253 g/mol. The van der Waals surface area contributed by atoms with Crippen LogP contribution >= 0.6 is 11.8 Å². The van der Waals surface area contributed by atoms with Gasteiger partial charge in [-0.05, 0) is 6.42 Å². The summed E-state index contributed by atoms with van der Waals surface area (Å²) >= 11 is 1.28. The molecule has 17 heavy (non-hydrogen) atoms. The van der Waals surface area contributed by atoms with Crippen molar-refractivity contribution in [3.8, 4) is 0 Å². The molecular weight excluding hydrogens is 236 g/mol. The van der Waals surface area contributed by atoms with Crippen LogP contribution in [-0.4, -0.2) is 10.9 Å². The number of hydrogen-bond donors (Lipinski definition) is 3. The van der Waals surface area contributed by atoms with Crippen molar-refractivity contribution in [2.75, 3.05) is 5.75 Å². The lowest BCUT2D eigenvalue weighted by Crippen LogP contribution is -2.35. The van der Waals surface area contributed by atoms with Gasteiger partial charge in [0.1, 0.15) is 0 Å². The Kier molecular flexibility index (Phi) is 6.13. The van der Waals surface area contributed by atoms with E-state index in [1.165, 1.54) is 18.0 Å². The molecule has 0 saturated carbocycles. The zero-order valence-corrected chi connectivity index (χ0v) is 10.3. The number of pyridine rings is 1. The van der Waals surface area contributed by atoms with Crippen LogP contribution in [0, 0.1) is 0 Å². The minimum atomic E-state index is 0.120. The number of nitrogens with zero attached hydrogens (tertiary/aromatic N) is 1. The highest BCUT2D eigenvalue weighted by Gasteiger charge is 2.08. The van der Waals surface area contributed by atoms with E-state index < -0.39 is 0 Å². The lowest BCUT2D eigenvalue weighted by molar-refractivity contribution is -0.683. The van der Waals surface area contributed by atoms with Crippen molar-refractivity contribution in [3.05, 3.63) is 42.5 Å². The zero-order chi connectivity index (χ0) is 12.5. The van der Waals surface area contributed by atoms with Crippen LogP contribution < -0.4 is 21.6 Å². The smallest absolute Gasteiger partial charge is 0.253 e. The molecular formula is C11H17N4OS+. The van der Waals surface area contributed by atoms with Crippen LogP contribution in [0.4, 0.5) is 0 Å². The van der Waals surface area contributed by atoms with Gasteiger partial charge in [-0.1, -0.05) is 17.8 Å². The molecule has 1 rings (SSSR count). The summed E-state index contributed by atoms with van der Waals surface area (Å²) in [6.45, 7) is 0.379. The van der Waals surface area contributed by atoms with Gasteiger partial charge in [0.25, 0.3) is 5.12 Å². The van der Waals surface area contributed by atoms with E-state index in [4.69, 9.17) is 11.6 Å². The Hall–Kier alpha value is -1.53. The largest absolute Gasteiger partial charge is 0.401 e. The fourth-order valence-electron chi connectivity index (χ4n) is 1.20. The SMILES string of the molecule is NN/C=C(\N)CCSC(=O)C[n+]1ccccc1. The van der Waals surface area contributed by atoms with E-state index >= 15 is 0 Å². The van der Waals surface area contributed by atoms with Crippen LogP contribution in [0.5, 0.6) is 0 Å². The molecule has 0 amide bonds. The highest BCUT2D eigenvalue weighted by Crippen LogP contribution is 2.06. The molecule has 6 heteroatoms. The van der Waals surface area contributed by atoms with Crippen LogP contribution in [-0.2, 0) is 11.3 Å². The van der Waals surface area contributed by atoms with Crippen LogP contribution in [0.25, 0.3) is 0 Å². The van der Waals surface area contributed by atoms with Crippen molar-refractivity contribution in [1.29, 1.82) is 0 Å². The second-order valence-corrected chi connectivity index (χ2v) is 4.56. The van der Waals surface area contributed by atoms with E-state index in [9.17, 15) is 4.79 Å². The van der Waals surface area contributed by atoms with Gasteiger partial charge in [-0.2, -0.15) is 4.57 Å². The average Bonchev–Trinajstić information content (AvgIpc) is 2.30. The molecule has 0 bridgehead atoms. The fraction of sp³-hybridized carbons (Fsp3) is 0.273. The summed E-state index contributed by atoms with van der Waals surface area (Å²) in [7, 11) is 0. The van der Waals surface area contributed by atoms with E-state index in [1.807, 2.05) is 35.2 Å². The van der Waals surface area contributed by atoms with Gasteiger partial charge in [0, 0.05) is 29.8 Å². The molecule has 0 aliphatic heterocycles.